The predicted molar refractivity (Wildman–Crippen MR) is 101 cm³/mol. The van der Waals surface area contributed by atoms with Crippen LogP contribution in [0.25, 0.3) is 0 Å². The molecule has 2 heterocycles. The molecule has 1 atom stereocenters. The summed E-state index contributed by atoms with van der Waals surface area (Å²) < 4.78 is 37.4. The summed E-state index contributed by atoms with van der Waals surface area (Å²) in [5, 5.41) is 2.62. The van der Waals surface area contributed by atoms with Gasteiger partial charge in [-0.15, -0.1) is 0 Å². The first kappa shape index (κ1) is 19.4. The molecule has 1 amide bonds. The number of carbonyl (C=O) groups is 1. The smallest absolute Gasteiger partial charge is 0.412 e. The third-order valence-electron chi connectivity index (χ3n) is 4.53. The number of sulfonamides is 1. The third kappa shape index (κ3) is 4.70. The first-order valence-corrected chi connectivity index (χ1v) is 10.6. The maximum Gasteiger partial charge on any atom is 0.412 e. The van der Waals surface area contributed by atoms with Crippen molar-refractivity contribution in [3.05, 3.63) is 48.4 Å². The van der Waals surface area contributed by atoms with Gasteiger partial charge in [0, 0.05) is 18.8 Å². The van der Waals surface area contributed by atoms with Gasteiger partial charge >= 0.3 is 6.09 Å². The second kappa shape index (κ2) is 8.58. The van der Waals surface area contributed by atoms with Crippen LogP contribution < -0.4 is 5.32 Å². The molecular formula is C19H24N2O5S. The average molecular weight is 392 g/mol. The Morgan fingerprint density at radius 3 is 2.48 bits per heavy atom. The number of nitrogens with zero attached hydrogens (tertiary/aromatic N) is 1. The molecular weight excluding hydrogens is 368 g/mol. The zero-order valence-corrected chi connectivity index (χ0v) is 16.1. The largest absolute Gasteiger partial charge is 0.465 e. The van der Waals surface area contributed by atoms with Crippen LogP contribution in [0.4, 0.5) is 10.5 Å². The Balaban J connectivity index is 1.62. The lowest BCUT2D eigenvalue weighted by molar-refractivity contribution is 0.0943. The van der Waals surface area contributed by atoms with Crippen molar-refractivity contribution in [1.29, 1.82) is 0 Å². The fourth-order valence-corrected chi connectivity index (χ4v) is 4.58. The minimum Gasteiger partial charge on any atom is -0.465 e. The first-order chi connectivity index (χ1) is 13.0. The van der Waals surface area contributed by atoms with Crippen LogP contribution in [-0.2, 0) is 14.8 Å². The Kier molecular flexibility index (Phi) is 6.18. The van der Waals surface area contributed by atoms with Crippen LogP contribution in [0.5, 0.6) is 0 Å². The molecule has 8 heteroatoms. The number of hydrogen-bond acceptors (Lipinski definition) is 5. The molecule has 27 heavy (non-hydrogen) atoms. The fraction of sp³-hybridized carbons (Fsp3) is 0.421. The van der Waals surface area contributed by atoms with Gasteiger partial charge in [0.15, 0.2) is 6.10 Å². The van der Waals surface area contributed by atoms with E-state index in [1.807, 2.05) is 6.92 Å². The molecule has 0 aliphatic carbocycles. The molecule has 1 aromatic heterocycles. The number of ether oxygens (including phenoxy) is 1. The van der Waals surface area contributed by atoms with E-state index in [9.17, 15) is 13.2 Å². The van der Waals surface area contributed by atoms with Gasteiger partial charge in [0.05, 0.1) is 11.2 Å². The SMILES string of the molecule is CCC(OC(=O)Nc1ccc(S(=O)(=O)N2CCCCC2)cc1)c1ccco1. The van der Waals surface area contributed by atoms with E-state index in [0.717, 1.165) is 19.3 Å². The van der Waals surface area contributed by atoms with Crippen molar-refractivity contribution < 1.29 is 22.4 Å². The van der Waals surface area contributed by atoms with Gasteiger partial charge < -0.3 is 9.15 Å². The molecule has 1 N–H and O–H groups in total. The Morgan fingerprint density at radius 1 is 1.19 bits per heavy atom. The van der Waals surface area contributed by atoms with Crippen molar-refractivity contribution in [3.8, 4) is 0 Å². The second-order valence-electron chi connectivity index (χ2n) is 6.43. The van der Waals surface area contributed by atoms with Gasteiger partial charge in [0.25, 0.3) is 0 Å². The molecule has 3 rings (SSSR count). The molecule has 1 aliphatic heterocycles. The van der Waals surface area contributed by atoms with Crippen molar-refractivity contribution in [1.82, 2.24) is 4.31 Å². The molecule has 1 aliphatic rings. The lowest BCUT2D eigenvalue weighted by atomic mass is 10.2. The van der Waals surface area contributed by atoms with Crippen molar-refractivity contribution in [2.75, 3.05) is 18.4 Å². The topological polar surface area (TPSA) is 88.8 Å². The Hall–Kier alpha value is -2.32. The summed E-state index contributed by atoms with van der Waals surface area (Å²) in [6.07, 6.45) is 3.85. The average Bonchev–Trinajstić information content (AvgIpc) is 3.22. The number of hydrogen-bond donors (Lipinski definition) is 1. The maximum atomic E-state index is 12.6. The van der Waals surface area contributed by atoms with Crippen molar-refractivity contribution in [2.45, 2.75) is 43.6 Å². The first-order valence-electron chi connectivity index (χ1n) is 9.12. The number of piperidine rings is 1. The van der Waals surface area contributed by atoms with Gasteiger partial charge in [-0.2, -0.15) is 4.31 Å². The van der Waals surface area contributed by atoms with Crippen LogP contribution in [0.15, 0.2) is 52.0 Å². The van der Waals surface area contributed by atoms with E-state index < -0.39 is 22.2 Å². The quantitative estimate of drug-likeness (QED) is 0.797. The number of anilines is 1. The number of benzene rings is 1. The van der Waals surface area contributed by atoms with E-state index in [1.165, 1.54) is 22.7 Å². The second-order valence-corrected chi connectivity index (χ2v) is 8.37. The van der Waals surface area contributed by atoms with Crippen molar-refractivity contribution >= 4 is 21.8 Å². The summed E-state index contributed by atoms with van der Waals surface area (Å²) in [6, 6.07) is 9.62. The normalized spacial score (nSPS) is 16.6. The summed E-state index contributed by atoms with van der Waals surface area (Å²) in [5.74, 6) is 0.579. The highest BCUT2D eigenvalue weighted by Gasteiger charge is 2.25. The zero-order valence-electron chi connectivity index (χ0n) is 15.3. The maximum absolute atomic E-state index is 12.6. The predicted octanol–water partition coefficient (Wildman–Crippen LogP) is 4.15. The van der Waals surface area contributed by atoms with Gasteiger partial charge in [-0.1, -0.05) is 13.3 Å². The monoisotopic (exact) mass is 392 g/mol. The highest BCUT2D eigenvalue weighted by Crippen LogP contribution is 2.24. The molecule has 146 valence electrons. The Labute approximate surface area is 159 Å². The molecule has 0 saturated carbocycles. The van der Waals surface area contributed by atoms with Crippen LogP contribution in [0, 0.1) is 0 Å². The molecule has 0 spiro atoms. The Morgan fingerprint density at radius 2 is 1.89 bits per heavy atom. The van der Waals surface area contributed by atoms with Crippen LogP contribution >= 0.6 is 0 Å². The zero-order chi connectivity index (χ0) is 19.3. The molecule has 1 fully saturated rings. The van der Waals surface area contributed by atoms with E-state index in [4.69, 9.17) is 9.15 Å². The summed E-state index contributed by atoms with van der Waals surface area (Å²) in [5.41, 5.74) is 0.465. The van der Waals surface area contributed by atoms with Crippen LogP contribution in [0.3, 0.4) is 0 Å². The van der Waals surface area contributed by atoms with Crippen LogP contribution in [-0.4, -0.2) is 31.9 Å². The lowest BCUT2D eigenvalue weighted by Crippen LogP contribution is -2.35. The highest BCUT2D eigenvalue weighted by molar-refractivity contribution is 7.89. The Bertz CT molecular complexity index is 841. The van der Waals surface area contributed by atoms with E-state index in [-0.39, 0.29) is 4.90 Å². The number of rotatable bonds is 6. The minimum absolute atomic E-state index is 0.227. The summed E-state index contributed by atoms with van der Waals surface area (Å²) in [7, 11) is -3.48. The lowest BCUT2D eigenvalue weighted by Gasteiger charge is -2.25. The highest BCUT2D eigenvalue weighted by atomic mass is 32.2. The van der Waals surface area contributed by atoms with E-state index in [2.05, 4.69) is 5.32 Å². The molecule has 1 saturated heterocycles. The summed E-state index contributed by atoms with van der Waals surface area (Å²) >= 11 is 0. The molecule has 1 aromatic carbocycles. The van der Waals surface area contributed by atoms with Crippen molar-refractivity contribution in [2.24, 2.45) is 0 Å². The van der Waals surface area contributed by atoms with Gasteiger partial charge in [-0.3, -0.25) is 5.32 Å². The number of nitrogens with one attached hydrogen (secondary N) is 1. The van der Waals surface area contributed by atoms with Gasteiger partial charge in [-0.05, 0) is 55.7 Å². The molecule has 2 aromatic rings. The minimum atomic E-state index is -3.48. The summed E-state index contributed by atoms with van der Waals surface area (Å²) in [4.78, 5) is 12.3. The fourth-order valence-electron chi connectivity index (χ4n) is 3.06. The van der Waals surface area contributed by atoms with E-state index in [0.29, 0.717) is 31.0 Å². The van der Waals surface area contributed by atoms with Gasteiger partial charge in [-0.25, -0.2) is 13.2 Å². The van der Waals surface area contributed by atoms with Crippen molar-refractivity contribution in [3.63, 3.8) is 0 Å². The number of furan rings is 1. The van der Waals surface area contributed by atoms with Crippen LogP contribution in [0.1, 0.15) is 44.5 Å². The van der Waals surface area contributed by atoms with E-state index in [1.54, 1.807) is 24.3 Å². The van der Waals surface area contributed by atoms with E-state index >= 15 is 0 Å². The molecule has 0 radical (unpaired) electrons. The van der Waals surface area contributed by atoms with Gasteiger partial charge in [0.2, 0.25) is 10.0 Å². The molecule has 1 unspecified atom stereocenters. The number of amides is 1. The molecule has 0 bridgehead atoms. The van der Waals surface area contributed by atoms with Gasteiger partial charge in [0.1, 0.15) is 5.76 Å². The van der Waals surface area contributed by atoms with Crippen LogP contribution in [0.2, 0.25) is 0 Å². The standard InChI is InChI=1S/C19H24N2O5S/c1-2-17(18-7-6-14-25-18)26-19(22)20-15-8-10-16(11-9-15)27(23,24)21-12-4-3-5-13-21/h6-11,14,17H,2-5,12-13H2,1H3,(H,20,22). The number of carbonyl (C=O) groups excluding carboxylic acids is 1. The summed E-state index contributed by atoms with van der Waals surface area (Å²) in [6.45, 7) is 3.00. The third-order valence-corrected chi connectivity index (χ3v) is 6.45. The molecule has 7 nitrogen and oxygen atoms in total.